The number of rotatable bonds is 9. The Kier molecular flexibility index (Phi) is 10.2. The van der Waals surface area contributed by atoms with Crippen LogP contribution in [0.25, 0.3) is 10.9 Å². The number of carbonyl (C=O) groups is 4. The Morgan fingerprint density at radius 3 is 1.89 bits per heavy atom. The highest BCUT2D eigenvalue weighted by Gasteiger charge is 2.31. The van der Waals surface area contributed by atoms with E-state index in [1.165, 1.54) is 11.2 Å². The zero-order chi connectivity index (χ0) is 28.7. The molecule has 1 heterocycles. The smallest absolute Gasteiger partial charge is 0.325 e. The Morgan fingerprint density at radius 2 is 1.42 bits per heavy atom. The largest absolute Gasteiger partial charge is 0.465 e. The van der Waals surface area contributed by atoms with Crippen LogP contribution in [0.15, 0.2) is 29.5 Å². The van der Waals surface area contributed by atoms with Crippen molar-refractivity contribution in [2.24, 2.45) is 21.7 Å². The quantitative estimate of drug-likeness (QED) is 0.259. The average Bonchev–Trinajstić information content (AvgIpc) is 2.77. The van der Waals surface area contributed by atoms with Crippen LogP contribution in [0.1, 0.15) is 68.2 Å². The second kappa shape index (κ2) is 12.7. The molecule has 0 unspecified atom stereocenters. The Labute approximate surface area is 223 Å². The van der Waals surface area contributed by atoms with E-state index in [0.717, 1.165) is 6.21 Å². The summed E-state index contributed by atoms with van der Waals surface area (Å²) in [5.74, 6) is -3.44. The van der Waals surface area contributed by atoms with Crippen LogP contribution < -0.4 is 4.90 Å². The van der Waals surface area contributed by atoms with Crippen LogP contribution in [0.2, 0.25) is 0 Å². The molecule has 0 aliphatic rings. The summed E-state index contributed by atoms with van der Waals surface area (Å²) >= 11 is 0. The third kappa shape index (κ3) is 8.71. The van der Waals surface area contributed by atoms with Crippen molar-refractivity contribution in [2.45, 2.75) is 68.2 Å². The lowest BCUT2D eigenvalue weighted by Gasteiger charge is -2.28. The van der Waals surface area contributed by atoms with Gasteiger partial charge in [0.2, 0.25) is 11.8 Å². The molecule has 0 N–H and O–H groups in total. The van der Waals surface area contributed by atoms with Gasteiger partial charge in [0, 0.05) is 24.4 Å². The maximum atomic E-state index is 13.3. The van der Waals surface area contributed by atoms with Crippen molar-refractivity contribution in [3.05, 3.63) is 24.5 Å². The predicted molar refractivity (Wildman–Crippen MR) is 145 cm³/mol. The van der Waals surface area contributed by atoms with Gasteiger partial charge >= 0.3 is 11.9 Å². The summed E-state index contributed by atoms with van der Waals surface area (Å²) in [5.41, 5.74) is 0.204. The SMILES string of the molecule is CCOC(=O)C(C=Nc1ncnc2ccc(N(C(=O)CC(C)(C)C)C(=O)CC(C)(C)C)cc12)C(=O)OCC. The maximum absolute atomic E-state index is 13.3. The first-order valence-corrected chi connectivity index (χ1v) is 12.6. The van der Waals surface area contributed by atoms with Gasteiger partial charge in [-0.15, -0.1) is 0 Å². The van der Waals surface area contributed by atoms with Crippen LogP contribution in [0, 0.1) is 16.7 Å². The zero-order valence-electron chi connectivity index (χ0n) is 23.5. The number of benzene rings is 1. The van der Waals surface area contributed by atoms with Gasteiger partial charge in [0.1, 0.15) is 6.33 Å². The van der Waals surface area contributed by atoms with Crippen molar-refractivity contribution in [3.63, 3.8) is 0 Å². The number of anilines is 1. The Balaban J connectivity index is 2.59. The van der Waals surface area contributed by atoms with Gasteiger partial charge in [-0.2, -0.15) is 0 Å². The molecule has 10 heteroatoms. The second-order valence-corrected chi connectivity index (χ2v) is 11.3. The molecule has 38 heavy (non-hydrogen) atoms. The molecular formula is C28H38N4O6. The van der Waals surface area contributed by atoms with E-state index in [4.69, 9.17) is 9.47 Å². The molecule has 0 saturated carbocycles. The van der Waals surface area contributed by atoms with Crippen molar-refractivity contribution in [3.8, 4) is 0 Å². The lowest BCUT2D eigenvalue weighted by molar-refractivity contribution is -0.157. The third-order valence-corrected chi connectivity index (χ3v) is 5.14. The molecular weight excluding hydrogens is 488 g/mol. The molecule has 10 nitrogen and oxygen atoms in total. The fraction of sp³-hybridized carbons (Fsp3) is 0.536. The van der Waals surface area contributed by atoms with E-state index in [0.29, 0.717) is 16.6 Å². The van der Waals surface area contributed by atoms with Gasteiger partial charge < -0.3 is 9.47 Å². The summed E-state index contributed by atoms with van der Waals surface area (Å²) in [5, 5.41) is 0.435. The highest BCUT2D eigenvalue weighted by Crippen LogP contribution is 2.31. The molecule has 1 aromatic heterocycles. The van der Waals surface area contributed by atoms with Crippen molar-refractivity contribution in [2.75, 3.05) is 18.1 Å². The minimum atomic E-state index is -1.37. The Morgan fingerprint density at radius 1 is 0.895 bits per heavy atom. The molecule has 0 aliphatic carbocycles. The number of imide groups is 1. The number of esters is 2. The topological polar surface area (TPSA) is 128 Å². The predicted octanol–water partition coefficient (Wildman–Crippen LogP) is 4.81. The van der Waals surface area contributed by atoms with Crippen molar-refractivity contribution in [1.82, 2.24) is 9.97 Å². The first-order chi connectivity index (χ1) is 17.7. The van der Waals surface area contributed by atoms with Crippen LogP contribution in [0.4, 0.5) is 11.5 Å². The first kappa shape index (κ1) is 30.5. The van der Waals surface area contributed by atoms with Crippen LogP contribution in [0.5, 0.6) is 0 Å². The maximum Gasteiger partial charge on any atom is 0.325 e. The number of hydrogen-bond donors (Lipinski definition) is 0. The molecule has 0 spiro atoms. The highest BCUT2D eigenvalue weighted by molar-refractivity contribution is 6.16. The fourth-order valence-electron chi connectivity index (χ4n) is 3.59. The van der Waals surface area contributed by atoms with E-state index in [1.807, 2.05) is 41.5 Å². The number of aromatic nitrogens is 2. The summed E-state index contributed by atoms with van der Waals surface area (Å²) in [6, 6.07) is 4.94. The van der Waals surface area contributed by atoms with Gasteiger partial charge in [0.25, 0.3) is 0 Å². The van der Waals surface area contributed by atoms with Gasteiger partial charge in [-0.1, -0.05) is 41.5 Å². The van der Waals surface area contributed by atoms with Crippen LogP contribution >= 0.6 is 0 Å². The molecule has 2 rings (SSSR count). The molecule has 0 radical (unpaired) electrons. The third-order valence-electron chi connectivity index (χ3n) is 5.14. The number of nitrogens with zero attached hydrogens (tertiary/aromatic N) is 4. The minimum absolute atomic E-state index is 0.0867. The standard InChI is InChI=1S/C28H38N4O6/c1-9-37-25(35)20(26(36)38-10-2)16-29-24-19-13-18(11-12-21(19)30-17-31-24)32(22(33)14-27(3,4)5)23(34)15-28(6,7)8/h11-13,16-17,20H,9-10,14-15H2,1-8H3. The number of hydrogen-bond acceptors (Lipinski definition) is 9. The van der Waals surface area contributed by atoms with E-state index in [-0.39, 0.29) is 54.5 Å². The van der Waals surface area contributed by atoms with Crippen molar-refractivity contribution in [1.29, 1.82) is 0 Å². The number of fused-ring (bicyclic) bond motifs is 1. The first-order valence-electron chi connectivity index (χ1n) is 12.6. The summed E-state index contributed by atoms with van der Waals surface area (Å²) in [6.07, 6.45) is 2.75. The normalized spacial score (nSPS) is 12.1. The molecule has 206 valence electrons. The molecule has 0 fully saturated rings. The van der Waals surface area contributed by atoms with E-state index in [1.54, 1.807) is 32.0 Å². The molecule has 1 aromatic carbocycles. The monoisotopic (exact) mass is 526 g/mol. The van der Waals surface area contributed by atoms with Crippen LogP contribution in [-0.4, -0.2) is 53.1 Å². The molecule has 0 atom stereocenters. The highest BCUT2D eigenvalue weighted by atomic mass is 16.6. The van der Waals surface area contributed by atoms with Crippen LogP contribution in [-0.2, 0) is 28.7 Å². The lowest BCUT2D eigenvalue weighted by Crippen LogP contribution is -2.40. The van der Waals surface area contributed by atoms with E-state index < -0.39 is 17.9 Å². The van der Waals surface area contributed by atoms with E-state index >= 15 is 0 Å². The van der Waals surface area contributed by atoms with Crippen molar-refractivity contribution >= 4 is 52.4 Å². The lowest BCUT2D eigenvalue weighted by atomic mass is 9.89. The Hall–Kier alpha value is -3.69. The van der Waals surface area contributed by atoms with Gasteiger partial charge in [-0.05, 0) is 42.9 Å². The molecule has 0 bridgehead atoms. The molecule has 0 saturated heterocycles. The second-order valence-electron chi connectivity index (χ2n) is 11.3. The number of ether oxygens (including phenoxy) is 2. The van der Waals surface area contributed by atoms with Crippen LogP contribution in [0.3, 0.4) is 0 Å². The average molecular weight is 527 g/mol. The van der Waals surface area contributed by atoms with E-state index in [9.17, 15) is 19.2 Å². The molecule has 0 aliphatic heterocycles. The number of amides is 2. The van der Waals surface area contributed by atoms with Gasteiger partial charge in [-0.25, -0.2) is 15.0 Å². The zero-order valence-corrected chi connectivity index (χ0v) is 23.5. The number of aliphatic imine (C=N–C) groups is 1. The van der Waals surface area contributed by atoms with Gasteiger partial charge in [-0.3, -0.25) is 24.1 Å². The van der Waals surface area contributed by atoms with E-state index in [2.05, 4.69) is 15.0 Å². The Bertz CT molecular complexity index is 1160. The molecule has 2 aromatic rings. The summed E-state index contributed by atoms with van der Waals surface area (Å²) in [6.45, 7) is 15.0. The molecule has 2 amide bonds. The summed E-state index contributed by atoms with van der Waals surface area (Å²) in [4.78, 5) is 65.3. The minimum Gasteiger partial charge on any atom is -0.465 e. The fourth-order valence-corrected chi connectivity index (χ4v) is 3.59. The number of carbonyl (C=O) groups excluding carboxylic acids is 4. The summed E-state index contributed by atoms with van der Waals surface area (Å²) < 4.78 is 9.97. The van der Waals surface area contributed by atoms with Gasteiger partial charge in [0.15, 0.2) is 11.7 Å². The van der Waals surface area contributed by atoms with Gasteiger partial charge in [0.05, 0.1) is 24.4 Å². The summed E-state index contributed by atoms with van der Waals surface area (Å²) in [7, 11) is 0. The van der Waals surface area contributed by atoms with Crippen molar-refractivity contribution < 1.29 is 28.7 Å².